The van der Waals surface area contributed by atoms with Crippen LogP contribution in [0.25, 0.3) is 16.5 Å². The molecule has 4 rings (SSSR count). The molecule has 112 valence electrons. The third-order valence-corrected chi connectivity index (χ3v) is 4.29. The van der Waals surface area contributed by atoms with Crippen LogP contribution in [0.15, 0.2) is 35.3 Å². The van der Waals surface area contributed by atoms with Crippen LogP contribution in [-0.2, 0) is 0 Å². The number of anilines is 2. The van der Waals surface area contributed by atoms with Crippen LogP contribution in [-0.4, -0.2) is 37.4 Å². The number of hydrogen-bond acceptors (Lipinski definition) is 5. The van der Waals surface area contributed by atoms with E-state index < -0.39 is 0 Å². The minimum atomic E-state index is 0.551. The smallest absolute Gasteiger partial charge is 0.126 e. The maximum Gasteiger partial charge on any atom is 0.126 e. The molecule has 0 amide bonds. The Kier molecular flexibility index (Phi) is 3.27. The van der Waals surface area contributed by atoms with Crippen LogP contribution in [0.2, 0.25) is 0 Å². The number of pyridine rings is 1. The van der Waals surface area contributed by atoms with Gasteiger partial charge in [0.2, 0.25) is 0 Å². The summed E-state index contributed by atoms with van der Waals surface area (Å²) in [6.07, 6.45) is 3.90. The van der Waals surface area contributed by atoms with Gasteiger partial charge in [0.25, 0.3) is 0 Å². The van der Waals surface area contributed by atoms with Gasteiger partial charge in [0.05, 0.1) is 12.1 Å². The Bertz CT molecular complexity index is 774. The number of fused-ring (bicyclic) bond motifs is 1. The van der Waals surface area contributed by atoms with Crippen molar-refractivity contribution in [2.24, 2.45) is 10.9 Å². The molecular weight excluding hydrogens is 274 g/mol. The number of aromatic nitrogens is 1. The summed E-state index contributed by atoms with van der Waals surface area (Å²) in [7, 11) is 0. The Hall–Kier alpha value is -2.40. The molecule has 2 aliphatic heterocycles. The molecule has 0 bridgehead atoms. The molecule has 0 spiro atoms. The third kappa shape index (κ3) is 2.44. The maximum atomic E-state index is 5.98. The first-order valence-electron chi connectivity index (χ1n) is 7.64. The molecule has 0 unspecified atom stereocenters. The quantitative estimate of drug-likeness (QED) is 0.805. The fraction of sp³-hybridized carbons (Fsp3) is 0.294. The highest BCUT2D eigenvalue weighted by Gasteiger charge is 2.16. The molecule has 2 aliphatic rings. The highest BCUT2D eigenvalue weighted by atomic mass is 15.0. The fourth-order valence-electron chi connectivity index (χ4n) is 2.88. The van der Waals surface area contributed by atoms with Crippen molar-refractivity contribution in [3.63, 3.8) is 0 Å². The van der Waals surface area contributed by atoms with Crippen LogP contribution in [0, 0.1) is 5.92 Å². The molecule has 0 aliphatic carbocycles. The number of benzene rings is 1. The minimum absolute atomic E-state index is 0.551. The first kappa shape index (κ1) is 13.3. The molecule has 4 N–H and O–H groups in total. The Labute approximate surface area is 129 Å². The molecule has 0 radical (unpaired) electrons. The molecule has 0 saturated carbocycles. The SMILES string of the molecule is Nc1cc(NCC2CNC2)c2ccc(C3=CC=NC3)cc2n1. The van der Waals surface area contributed by atoms with Crippen molar-refractivity contribution in [1.82, 2.24) is 10.3 Å². The lowest BCUT2D eigenvalue weighted by Gasteiger charge is -2.27. The van der Waals surface area contributed by atoms with Gasteiger partial charge in [0.1, 0.15) is 5.82 Å². The molecule has 1 saturated heterocycles. The highest BCUT2D eigenvalue weighted by Crippen LogP contribution is 2.28. The molecule has 5 heteroatoms. The predicted octanol–water partition coefficient (Wildman–Crippen LogP) is 1.92. The lowest BCUT2D eigenvalue weighted by molar-refractivity contribution is 0.365. The van der Waals surface area contributed by atoms with E-state index in [0.29, 0.717) is 11.7 Å². The Morgan fingerprint density at radius 1 is 1.27 bits per heavy atom. The Morgan fingerprint density at radius 3 is 2.91 bits per heavy atom. The van der Waals surface area contributed by atoms with E-state index in [2.05, 4.69) is 44.9 Å². The normalized spacial score (nSPS) is 17.5. The van der Waals surface area contributed by atoms with E-state index in [0.717, 1.165) is 48.3 Å². The molecule has 2 aromatic rings. The van der Waals surface area contributed by atoms with E-state index in [1.54, 1.807) is 0 Å². The fourth-order valence-corrected chi connectivity index (χ4v) is 2.88. The van der Waals surface area contributed by atoms with Gasteiger partial charge in [-0.25, -0.2) is 4.98 Å². The maximum absolute atomic E-state index is 5.98. The molecule has 1 aromatic carbocycles. The van der Waals surface area contributed by atoms with Gasteiger partial charge in [-0.15, -0.1) is 0 Å². The first-order valence-corrected chi connectivity index (χ1v) is 7.64. The van der Waals surface area contributed by atoms with Gasteiger partial charge < -0.3 is 16.4 Å². The van der Waals surface area contributed by atoms with Gasteiger partial charge in [0, 0.05) is 48.9 Å². The summed E-state index contributed by atoms with van der Waals surface area (Å²) in [6, 6.07) is 8.28. The van der Waals surface area contributed by atoms with Crippen molar-refractivity contribution in [3.05, 3.63) is 35.9 Å². The lowest BCUT2D eigenvalue weighted by atomic mass is 10.0. The Balaban J connectivity index is 1.67. The van der Waals surface area contributed by atoms with Crippen molar-refractivity contribution >= 4 is 34.2 Å². The van der Waals surface area contributed by atoms with Crippen molar-refractivity contribution in [1.29, 1.82) is 0 Å². The van der Waals surface area contributed by atoms with Crippen molar-refractivity contribution in [2.75, 3.05) is 37.2 Å². The molecule has 3 heterocycles. The second-order valence-corrected chi connectivity index (χ2v) is 5.91. The molecule has 5 nitrogen and oxygen atoms in total. The second-order valence-electron chi connectivity index (χ2n) is 5.91. The number of nitrogens with one attached hydrogen (secondary N) is 2. The number of nitrogens with two attached hydrogens (primary N) is 1. The van der Waals surface area contributed by atoms with Crippen LogP contribution >= 0.6 is 0 Å². The summed E-state index contributed by atoms with van der Waals surface area (Å²) in [4.78, 5) is 8.73. The van der Waals surface area contributed by atoms with Gasteiger partial charge in [-0.2, -0.15) is 0 Å². The topological polar surface area (TPSA) is 75.3 Å². The number of hydrogen-bond donors (Lipinski definition) is 3. The lowest BCUT2D eigenvalue weighted by Crippen LogP contribution is -2.45. The number of allylic oxidation sites excluding steroid dienone is 1. The minimum Gasteiger partial charge on any atom is -0.384 e. The summed E-state index contributed by atoms with van der Waals surface area (Å²) in [5.41, 5.74) is 10.4. The van der Waals surface area contributed by atoms with E-state index in [1.807, 2.05) is 12.3 Å². The van der Waals surface area contributed by atoms with Crippen LogP contribution < -0.4 is 16.4 Å². The molecule has 22 heavy (non-hydrogen) atoms. The number of nitrogens with zero attached hydrogens (tertiary/aromatic N) is 2. The van der Waals surface area contributed by atoms with Gasteiger partial charge in [-0.1, -0.05) is 12.1 Å². The van der Waals surface area contributed by atoms with Crippen LogP contribution in [0.3, 0.4) is 0 Å². The van der Waals surface area contributed by atoms with Crippen LogP contribution in [0.1, 0.15) is 5.56 Å². The highest BCUT2D eigenvalue weighted by molar-refractivity contribution is 5.96. The van der Waals surface area contributed by atoms with E-state index >= 15 is 0 Å². The van der Waals surface area contributed by atoms with E-state index in [4.69, 9.17) is 5.73 Å². The summed E-state index contributed by atoms with van der Waals surface area (Å²) in [5, 5.41) is 7.93. The van der Waals surface area contributed by atoms with Crippen LogP contribution in [0.4, 0.5) is 11.5 Å². The summed E-state index contributed by atoms with van der Waals surface area (Å²) in [5.74, 6) is 1.25. The predicted molar refractivity (Wildman–Crippen MR) is 92.3 cm³/mol. The number of nitrogen functional groups attached to an aromatic ring is 1. The largest absolute Gasteiger partial charge is 0.384 e. The average molecular weight is 293 g/mol. The molecule has 1 fully saturated rings. The van der Waals surface area contributed by atoms with Gasteiger partial charge in [-0.05, 0) is 23.3 Å². The van der Waals surface area contributed by atoms with Gasteiger partial charge >= 0.3 is 0 Å². The average Bonchev–Trinajstić information content (AvgIpc) is 2.98. The van der Waals surface area contributed by atoms with Crippen molar-refractivity contribution in [2.45, 2.75) is 0 Å². The zero-order valence-electron chi connectivity index (χ0n) is 12.3. The first-order chi connectivity index (χ1) is 10.8. The zero-order chi connectivity index (χ0) is 14.9. The third-order valence-electron chi connectivity index (χ3n) is 4.29. The summed E-state index contributed by atoms with van der Waals surface area (Å²) >= 11 is 0. The number of rotatable bonds is 4. The van der Waals surface area contributed by atoms with E-state index in [-0.39, 0.29) is 0 Å². The van der Waals surface area contributed by atoms with Crippen LogP contribution in [0.5, 0.6) is 0 Å². The zero-order valence-corrected chi connectivity index (χ0v) is 12.3. The standard InChI is InChI=1S/C17H19N5/c18-17-6-15(21-9-11-7-20-8-11)14-2-1-12(5-16(14)22-17)13-3-4-19-10-13/h1-6,11,20H,7-10H2,(H3,18,21,22). The summed E-state index contributed by atoms with van der Waals surface area (Å²) < 4.78 is 0. The summed E-state index contributed by atoms with van der Waals surface area (Å²) in [6.45, 7) is 3.88. The molecular formula is C17H19N5. The monoisotopic (exact) mass is 293 g/mol. The Morgan fingerprint density at radius 2 is 2.18 bits per heavy atom. The molecule has 1 aromatic heterocycles. The molecule has 0 atom stereocenters. The number of aliphatic imine (C=N–C) groups is 1. The van der Waals surface area contributed by atoms with Crippen molar-refractivity contribution in [3.8, 4) is 0 Å². The second kappa shape index (κ2) is 5.42. The van der Waals surface area contributed by atoms with Gasteiger partial charge in [-0.3, -0.25) is 4.99 Å². The van der Waals surface area contributed by atoms with E-state index in [1.165, 1.54) is 5.57 Å². The van der Waals surface area contributed by atoms with E-state index in [9.17, 15) is 0 Å². The van der Waals surface area contributed by atoms with Crippen molar-refractivity contribution < 1.29 is 0 Å². The van der Waals surface area contributed by atoms with Gasteiger partial charge in [0.15, 0.2) is 0 Å².